The molecule has 1 amide bonds. The van der Waals surface area contributed by atoms with E-state index in [0.29, 0.717) is 0 Å². The van der Waals surface area contributed by atoms with Crippen LogP contribution in [0.25, 0.3) is 10.2 Å². The number of carbonyl (C=O) groups excluding carboxylic acids is 1. The Kier molecular flexibility index (Phi) is 6.31. The van der Waals surface area contributed by atoms with Crippen molar-refractivity contribution in [3.05, 3.63) is 64.2 Å². The average molecular weight is 443 g/mol. The summed E-state index contributed by atoms with van der Waals surface area (Å²) in [6.07, 6.45) is 0. The number of non-ortho nitro benzene ring substituents is 1. The molecule has 1 saturated heterocycles. The Hall–Kier alpha value is -2.49. The number of nitrogens with zero attached hydrogens (tertiary/aromatic N) is 4. The number of thiazole rings is 1. The summed E-state index contributed by atoms with van der Waals surface area (Å²) >= 11 is 2.81. The third-order valence-electron chi connectivity index (χ3n) is 5.12. The SMILES string of the molecule is CC(Sc1nc2ccc([N+](=O)[O-])cc2s1)C(=O)N1CCN(Cc2ccccc2)CC1. The largest absolute Gasteiger partial charge is 0.339 e. The van der Waals surface area contributed by atoms with Crippen LogP contribution >= 0.6 is 23.1 Å². The highest BCUT2D eigenvalue weighted by Gasteiger charge is 2.26. The molecule has 0 saturated carbocycles. The maximum absolute atomic E-state index is 12.9. The number of benzene rings is 2. The van der Waals surface area contributed by atoms with E-state index in [-0.39, 0.29) is 16.8 Å². The van der Waals surface area contributed by atoms with Gasteiger partial charge in [0.2, 0.25) is 5.91 Å². The lowest BCUT2D eigenvalue weighted by molar-refractivity contribution is -0.384. The number of nitro benzene ring substituents is 1. The number of aromatic nitrogens is 1. The van der Waals surface area contributed by atoms with Gasteiger partial charge in [0.25, 0.3) is 5.69 Å². The van der Waals surface area contributed by atoms with Crippen LogP contribution in [0.3, 0.4) is 0 Å². The van der Waals surface area contributed by atoms with E-state index in [0.717, 1.165) is 47.3 Å². The predicted octanol–water partition coefficient (Wildman–Crippen LogP) is 4.03. The van der Waals surface area contributed by atoms with Gasteiger partial charge in [0, 0.05) is 44.9 Å². The number of carbonyl (C=O) groups is 1. The second kappa shape index (κ2) is 9.11. The van der Waals surface area contributed by atoms with Gasteiger partial charge in [-0.2, -0.15) is 0 Å². The van der Waals surface area contributed by atoms with Crippen LogP contribution in [-0.4, -0.2) is 57.0 Å². The fourth-order valence-electron chi connectivity index (χ4n) is 3.48. The molecule has 1 aliphatic rings. The third-order valence-corrected chi connectivity index (χ3v) is 7.32. The van der Waals surface area contributed by atoms with E-state index in [4.69, 9.17) is 0 Å². The first-order chi connectivity index (χ1) is 14.5. The predicted molar refractivity (Wildman–Crippen MR) is 120 cm³/mol. The topological polar surface area (TPSA) is 79.6 Å². The summed E-state index contributed by atoms with van der Waals surface area (Å²) in [5.41, 5.74) is 2.07. The Morgan fingerprint density at radius 2 is 1.93 bits per heavy atom. The minimum atomic E-state index is -0.407. The van der Waals surface area contributed by atoms with Gasteiger partial charge in [0.1, 0.15) is 0 Å². The van der Waals surface area contributed by atoms with Crippen molar-refractivity contribution in [3.63, 3.8) is 0 Å². The molecule has 9 heteroatoms. The molecular weight excluding hydrogens is 420 g/mol. The van der Waals surface area contributed by atoms with Gasteiger partial charge in [0.05, 0.1) is 20.4 Å². The minimum absolute atomic E-state index is 0.0557. The summed E-state index contributed by atoms with van der Waals surface area (Å²) in [4.78, 5) is 32.3. The summed E-state index contributed by atoms with van der Waals surface area (Å²) in [7, 11) is 0. The molecule has 1 fully saturated rings. The molecule has 1 atom stereocenters. The fourth-order valence-corrected chi connectivity index (χ4v) is 5.81. The standard InChI is InChI=1S/C21H22N4O3S2/c1-15(29-21-22-18-8-7-17(25(27)28)13-19(18)30-21)20(26)24-11-9-23(10-12-24)14-16-5-3-2-4-6-16/h2-8,13,15H,9-12,14H2,1H3. The van der Waals surface area contributed by atoms with Gasteiger partial charge < -0.3 is 4.90 Å². The number of nitro groups is 1. The van der Waals surface area contributed by atoms with Crippen molar-refractivity contribution in [1.82, 2.24) is 14.8 Å². The average Bonchev–Trinajstić information content (AvgIpc) is 3.16. The van der Waals surface area contributed by atoms with Crippen LogP contribution in [-0.2, 0) is 11.3 Å². The molecule has 1 aliphatic heterocycles. The molecule has 1 aromatic heterocycles. The lowest BCUT2D eigenvalue weighted by Gasteiger charge is -2.35. The Balaban J connectivity index is 1.33. The van der Waals surface area contributed by atoms with E-state index in [9.17, 15) is 14.9 Å². The number of rotatable bonds is 6. The molecule has 7 nitrogen and oxygen atoms in total. The fraction of sp³-hybridized carbons (Fsp3) is 0.333. The highest BCUT2D eigenvalue weighted by molar-refractivity contribution is 8.02. The second-order valence-electron chi connectivity index (χ2n) is 7.24. The van der Waals surface area contributed by atoms with Crippen molar-refractivity contribution >= 4 is 44.9 Å². The van der Waals surface area contributed by atoms with Crippen LogP contribution in [0.4, 0.5) is 5.69 Å². The molecule has 0 spiro atoms. The molecule has 2 heterocycles. The quantitative estimate of drug-likeness (QED) is 0.326. The normalized spacial score (nSPS) is 16.0. The van der Waals surface area contributed by atoms with Crippen LogP contribution in [0.15, 0.2) is 52.9 Å². The summed E-state index contributed by atoms with van der Waals surface area (Å²) in [6.45, 7) is 5.99. The van der Waals surface area contributed by atoms with Crippen molar-refractivity contribution in [3.8, 4) is 0 Å². The van der Waals surface area contributed by atoms with E-state index in [1.165, 1.54) is 40.8 Å². The van der Waals surface area contributed by atoms with Gasteiger partial charge in [-0.05, 0) is 18.6 Å². The first-order valence-corrected chi connectivity index (χ1v) is 11.5. The van der Waals surface area contributed by atoms with Crippen molar-refractivity contribution in [2.24, 2.45) is 0 Å². The van der Waals surface area contributed by atoms with Gasteiger partial charge >= 0.3 is 0 Å². The van der Waals surface area contributed by atoms with Crippen molar-refractivity contribution in [1.29, 1.82) is 0 Å². The van der Waals surface area contributed by atoms with E-state index in [1.807, 2.05) is 30.0 Å². The number of amides is 1. The summed E-state index contributed by atoms with van der Waals surface area (Å²) in [5, 5.41) is 10.7. The van der Waals surface area contributed by atoms with Crippen molar-refractivity contribution in [2.45, 2.75) is 23.1 Å². The van der Waals surface area contributed by atoms with Gasteiger partial charge in [-0.15, -0.1) is 11.3 Å². The van der Waals surface area contributed by atoms with Gasteiger partial charge in [-0.25, -0.2) is 4.98 Å². The molecule has 0 N–H and O–H groups in total. The van der Waals surface area contributed by atoms with Crippen LogP contribution in [0.1, 0.15) is 12.5 Å². The third kappa shape index (κ3) is 4.80. The van der Waals surface area contributed by atoms with Crippen LogP contribution in [0.2, 0.25) is 0 Å². The molecule has 2 aromatic carbocycles. The Labute approximate surface area is 182 Å². The van der Waals surface area contributed by atoms with E-state index < -0.39 is 4.92 Å². The zero-order valence-corrected chi connectivity index (χ0v) is 18.2. The number of thioether (sulfide) groups is 1. The highest BCUT2D eigenvalue weighted by Crippen LogP contribution is 2.34. The molecular formula is C21H22N4O3S2. The smallest absolute Gasteiger partial charge is 0.270 e. The molecule has 0 aliphatic carbocycles. The number of piperazine rings is 1. The van der Waals surface area contributed by atoms with Gasteiger partial charge in [-0.1, -0.05) is 42.1 Å². The molecule has 4 rings (SSSR count). The summed E-state index contributed by atoms with van der Waals surface area (Å²) in [5.74, 6) is 0.115. The molecule has 1 unspecified atom stereocenters. The summed E-state index contributed by atoms with van der Waals surface area (Å²) < 4.78 is 1.52. The molecule has 3 aromatic rings. The van der Waals surface area contributed by atoms with Crippen molar-refractivity contribution < 1.29 is 9.72 Å². The zero-order valence-electron chi connectivity index (χ0n) is 16.6. The van der Waals surface area contributed by atoms with E-state index in [2.05, 4.69) is 22.0 Å². The van der Waals surface area contributed by atoms with Gasteiger partial charge in [-0.3, -0.25) is 19.8 Å². The maximum Gasteiger partial charge on any atom is 0.270 e. The molecule has 0 radical (unpaired) electrons. The second-order valence-corrected chi connectivity index (χ2v) is 9.85. The maximum atomic E-state index is 12.9. The van der Waals surface area contributed by atoms with Crippen LogP contribution in [0.5, 0.6) is 0 Å². The molecule has 156 valence electrons. The molecule has 0 bridgehead atoms. The first kappa shape index (κ1) is 20.8. The van der Waals surface area contributed by atoms with Crippen LogP contribution < -0.4 is 0 Å². The Morgan fingerprint density at radius 1 is 1.20 bits per heavy atom. The Bertz CT molecular complexity index is 1050. The highest BCUT2D eigenvalue weighted by atomic mass is 32.2. The van der Waals surface area contributed by atoms with Crippen molar-refractivity contribution in [2.75, 3.05) is 26.2 Å². The van der Waals surface area contributed by atoms with E-state index in [1.54, 1.807) is 6.07 Å². The molecule has 30 heavy (non-hydrogen) atoms. The van der Waals surface area contributed by atoms with Gasteiger partial charge in [0.15, 0.2) is 4.34 Å². The minimum Gasteiger partial charge on any atom is -0.339 e. The first-order valence-electron chi connectivity index (χ1n) is 9.76. The lowest BCUT2D eigenvalue weighted by Crippen LogP contribution is -2.50. The van der Waals surface area contributed by atoms with E-state index >= 15 is 0 Å². The number of hydrogen-bond donors (Lipinski definition) is 0. The number of fused-ring (bicyclic) bond motifs is 1. The zero-order chi connectivity index (χ0) is 21.1. The summed E-state index contributed by atoms with van der Waals surface area (Å²) in [6, 6.07) is 15.0. The lowest BCUT2D eigenvalue weighted by atomic mass is 10.2. The number of hydrogen-bond acceptors (Lipinski definition) is 7. The van der Waals surface area contributed by atoms with Crippen LogP contribution in [0, 0.1) is 10.1 Å². The Morgan fingerprint density at radius 3 is 2.63 bits per heavy atom. The monoisotopic (exact) mass is 442 g/mol.